The molecular formula is C11H16N2O3. The molecule has 1 saturated heterocycles. The second kappa shape index (κ2) is 4.63. The fraction of sp³-hybridized carbons (Fsp3) is 0.727. The van der Waals surface area contributed by atoms with Crippen LogP contribution >= 0.6 is 0 Å². The topological polar surface area (TPSA) is 72.2 Å². The number of nitrogens with zero attached hydrogens (tertiary/aromatic N) is 1. The summed E-state index contributed by atoms with van der Waals surface area (Å²) in [6, 6.07) is -0.879. The highest BCUT2D eigenvalue weighted by molar-refractivity contribution is 5.77. The molecule has 2 aliphatic rings. The lowest BCUT2D eigenvalue weighted by molar-refractivity contribution is -0.530. The molecule has 2 rings (SSSR count). The van der Waals surface area contributed by atoms with Crippen molar-refractivity contribution in [1.29, 1.82) is 0 Å². The van der Waals surface area contributed by atoms with Crippen molar-refractivity contribution < 1.29 is 9.72 Å². The second-order valence-corrected chi connectivity index (χ2v) is 4.53. The SMILES string of the molecule is O=C1CC[C@H]([N+](=O)[O-])[C@@H]([C@@H]2CC=CCC2)N1. The Hall–Kier alpha value is -1.39. The molecule has 1 aliphatic heterocycles. The van der Waals surface area contributed by atoms with Crippen LogP contribution in [0.5, 0.6) is 0 Å². The van der Waals surface area contributed by atoms with Crippen LogP contribution in [0.25, 0.3) is 0 Å². The summed E-state index contributed by atoms with van der Waals surface area (Å²) < 4.78 is 0. The van der Waals surface area contributed by atoms with Crippen molar-refractivity contribution in [1.82, 2.24) is 5.32 Å². The first-order chi connectivity index (χ1) is 7.68. The number of carbonyl (C=O) groups is 1. The molecule has 5 heteroatoms. The Morgan fingerprint density at radius 3 is 2.81 bits per heavy atom. The molecule has 0 aromatic rings. The van der Waals surface area contributed by atoms with Crippen LogP contribution in [-0.4, -0.2) is 22.9 Å². The van der Waals surface area contributed by atoms with E-state index in [-0.39, 0.29) is 29.2 Å². The van der Waals surface area contributed by atoms with Gasteiger partial charge in [-0.3, -0.25) is 14.9 Å². The zero-order chi connectivity index (χ0) is 11.5. The Morgan fingerprint density at radius 2 is 2.19 bits per heavy atom. The molecule has 5 nitrogen and oxygen atoms in total. The molecule has 0 saturated carbocycles. The second-order valence-electron chi connectivity index (χ2n) is 4.53. The Balaban J connectivity index is 2.10. The highest BCUT2D eigenvalue weighted by Gasteiger charge is 2.41. The molecule has 0 aromatic carbocycles. The highest BCUT2D eigenvalue weighted by Crippen LogP contribution is 2.28. The van der Waals surface area contributed by atoms with Crippen molar-refractivity contribution in [2.24, 2.45) is 5.92 Å². The van der Waals surface area contributed by atoms with Gasteiger partial charge in [0.25, 0.3) is 0 Å². The van der Waals surface area contributed by atoms with Crippen molar-refractivity contribution in [3.05, 3.63) is 22.3 Å². The fourth-order valence-electron chi connectivity index (χ4n) is 2.62. The van der Waals surface area contributed by atoms with E-state index in [0.29, 0.717) is 6.42 Å². The predicted octanol–water partition coefficient (Wildman–Crippen LogP) is 1.27. The molecule has 16 heavy (non-hydrogen) atoms. The maximum Gasteiger partial charge on any atom is 0.233 e. The van der Waals surface area contributed by atoms with E-state index in [4.69, 9.17) is 0 Å². The highest BCUT2D eigenvalue weighted by atomic mass is 16.6. The van der Waals surface area contributed by atoms with E-state index in [1.165, 1.54) is 0 Å². The lowest BCUT2D eigenvalue weighted by Gasteiger charge is -2.33. The number of piperidine rings is 1. The third-order valence-corrected chi connectivity index (χ3v) is 3.50. The van der Waals surface area contributed by atoms with Gasteiger partial charge in [-0.25, -0.2) is 0 Å². The number of amides is 1. The van der Waals surface area contributed by atoms with Gasteiger partial charge in [-0.1, -0.05) is 12.2 Å². The number of carbonyl (C=O) groups excluding carboxylic acids is 1. The molecule has 1 N–H and O–H groups in total. The van der Waals surface area contributed by atoms with Crippen LogP contribution in [0.4, 0.5) is 0 Å². The summed E-state index contributed by atoms with van der Waals surface area (Å²) in [7, 11) is 0. The van der Waals surface area contributed by atoms with Gasteiger partial charge in [0.15, 0.2) is 0 Å². The third kappa shape index (κ3) is 2.23. The molecule has 1 heterocycles. The summed E-state index contributed by atoms with van der Waals surface area (Å²) >= 11 is 0. The molecule has 0 aromatic heterocycles. The molecule has 1 amide bonds. The van der Waals surface area contributed by atoms with Crippen molar-refractivity contribution >= 4 is 5.91 Å². The summed E-state index contributed by atoms with van der Waals surface area (Å²) in [5.41, 5.74) is 0. The minimum atomic E-state index is -0.603. The molecule has 1 fully saturated rings. The third-order valence-electron chi connectivity index (χ3n) is 3.50. The fourth-order valence-corrected chi connectivity index (χ4v) is 2.62. The van der Waals surface area contributed by atoms with Gasteiger partial charge in [0, 0.05) is 17.8 Å². The van der Waals surface area contributed by atoms with Gasteiger partial charge in [0.2, 0.25) is 11.9 Å². The number of nitrogens with one attached hydrogen (secondary N) is 1. The Kier molecular flexibility index (Phi) is 3.22. The summed E-state index contributed by atoms with van der Waals surface area (Å²) in [6.45, 7) is 0. The first kappa shape index (κ1) is 11.1. The van der Waals surface area contributed by atoms with E-state index in [1.54, 1.807) is 0 Å². The van der Waals surface area contributed by atoms with Crippen LogP contribution in [-0.2, 0) is 4.79 Å². The van der Waals surface area contributed by atoms with Crippen LogP contribution in [0.2, 0.25) is 0 Å². The van der Waals surface area contributed by atoms with Crippen molar-refractivity contribution in [2.75, 3.05) is 0 Å². The Bertz CT molecular complexity index is 327. The quantitative estimate of drug-likeness (QED) is 0.436. The number of allylic oxidation sites excluding steroid dienone is 2. The van der Waals surface area contributed by atoms with E-state index in [1.807, 2.05) is 0 Å². The molecule has 3 atom stereocenters. The average molecular weight is 224 g/mol. The monoisotopic (exact) mass is 224 g/mol. The minimum absolute atomic E-state index is 0.0438. The van der Waals surface area contributed by atoms with E-state index in [2.05, 4.69) is 17.5 Å². The lowest BCUT2D eigenvalue weighted by Crippen LogP contribution is -2.55. The first-order valence-electron chi connectivity index (χ1n) is 5.76. The lowest BCUT2D eigenvalue weighted by atomic mass is 9.81. The molecule has 0 radical (unpaired) electrons. The van der Waals surface area contributed by atoms with E-state index in [9.17, 15) is 14.9 Å². The molecule has 0 unspecified atom stereocenters. The predicted molar refractivity (Wildman–Crippen MR) is 58.4 cm³/mol. The molecule has 88 valence electrons. The number of nitro groups is 1. The molecule has 0 spiro atoms. The van der Waals surface area contributed by atoms with Crippen LogP contribution in [0.3, 0.4) is 0 Å². The van der Waals surface area contributed by atoms with Gasteiger partial charge >= 0.3 is 0 Å². The largest absolute Gasteiger partial charge is 0.346 e. The number of hydrogen-bond acceptors (Lipinski definition) is 3. The van der Waals surface area contributed by atoms with Gasteiger partial charge in [0.05, 0.1) is 6.04 Å². The molecular weight excluding hydrogens is 208 g/mol. The summed E-state index contributed by atoms with van der Waals surface area (Å²) in [4.78, 5) is 22.0. The standard InChI is InChI=1S/C11H16N2O3/c14-10-7-6-9(13(15)16)11(12-10)8-4-2-1-3-5-8/h1-2,8-9,11H,3-7H2,(H,12,14)/t8-,9+,11-/m1/s1. The zero-order valence-corrected chi connectivity index (χ0v) is 9.09. The van der Waals surface area contributed by atoms with Crippen LogP contribution in [0.1, 0.15) is 32.1 Å². The normalized spacial score (nSPS) is 34.5. The average Bonchev–Trinajstić information content (AvgIpc) is 2.29. The van der Waals surface area contributed by atoms with Crippen LogP contribution in [0, 0.1) is 16.0 Å². The van der Waals surface area contributed by atoms with Crippen molar-refractivity contribution in [2.45, 2.75) is 44.2 Å². The van der Waals surface area contributed by atoms with Crippen LogP contribution < -0.4 is 5.32 Å². The summed E-state index contributed by atoms with van der Waals surface area (Å²) in [5.74, 6) is 0.183. The van der Waals surface area contributed by atoms with E-state index >= 15 is 0 Å². The smallest absolute Gasteiger partial charge is 0.233 e. The van der Waals surface area contributed by atoms with Gasteiger partial charge < -0.3 is 5.32 Å². The van der Waals surface area contributed by atoms with Gasteiger partial charge in [-0.15, -0.1) is 0 Å². The number of rotatable bonds is 2. The Labute approximate surface area is 94.1 Å². The maximum atomic E-state index is 11.3. The summed E-state index contributed by atoms with van der Waals surface area (Å²) in [6.07, 6.45) is 7.56. The Morgan fingerprint density at radius 1 is 1.38 bits per heavy atom. The maximum absolute atomic E-state index is 11.3. The van der Waals surface area contributed by atoms with E-state index < -0.39 is 6.04 Å². The van der Waals surface area contributed by atoms with Gasteiger partial charge in [-0.05, 0) is 25.2 Å². The molecule has 1 aliphatic carbocycles. The first-order valence-corrected chi connectivity index (χ1v) is 5.76. The van der Waals surface area contributed by atoms with Crippen LogP contribution in [0.15, 0.2) is 12.2 Å². The van der Waals surface area contributed by atoms with E-state index in [0.717, 1.165) is 19.3 Å². The van der Waals surface area contributed by atoms with Gasteiger partial charge in [-0.2, -0.15) is 0 Å². The minimum Gasteiger partial charge on any atom is -0.346 e. The van der Waals surface area contributed by atoms with Crippen molar-refractivity contribution in [3.8, 4) is 0 Å². The summed E-state index contributed by atoms with van der Waals surface area (Å²) in [5, 5.41) is 13.8. The van der Waals surface area contributed by atoms with Crippen molar-refractivity contribution in [3.63, 3.8) is 0 Å². The van der Waals surface area contributed by atoms with Gasteiger partial charge in [0.1, 0.15) is 0 Å². The zero-order valence-electron chi connectivity index (χ0n) is 9.09. The number of hydrogen-bond donors (Lipinski definition) is 1. The molecule has 0 bridgehead atoms.